The first-order valence-corrected chi connectivity index (χ1v) is 6.04. The Morgan fingerprint density at radius 3 is 2.21 bits per heavy atom. The molecule has 0 bridgehead atoms. The number of unbranched alkanes of at least 4 members (excludes halogenated alkanes) is 1. The Morgan fingerprint density at radius 1 is 0.929 bits per heavy atom. The molecule has 0 heterocycles. The van der Waals surface area contributed by atoms with Crippen LogP contribution in [0.1, 0.15) is 52.9 Å². The maximum absolute atomic E-state index is 5.71. The van der Waals surface area contributed by atoms with Crippen LogP contribution < -0.4 is 0 Å². The fourth-order valence-electron chi connectivity index (χ4n) is 1.29. The predicted molar refractivity (Wildman–Crippen MR) is 60.7 cm³/mol. The van der Waals surface area contributed by atoms with Crippen LogP contribution in [0.2, 0.25) is 0 Å². The third-order valence-electron chi connectivity index (χ3n) is 2.09. The van der Waals surface area contributed by atoms with Gasteiger partial charge in [-0.05, 0) is 19.3 Å². The summed E-state index contributed by atoms with van der Waals surface area (Å²) in [5, 5.41) is 0. The summed E-state index contributed by atoms with van der Waals surface area (Å²) in [6.45, 7) is 8.98. The summed E-state index contributed by atoms with van der Waals surface area (Å²) in [4.78, 5) is 0. The molecule has 0 rings (SSSR count). The molecule has 0 aliphatic carbocycles. The molecule has 1 unspecified atom stereocenters. The lowest BCUT2D eigenvalue weighted by atomic mass is 10.2. The van der Waals surface area contributed by atoms with Crippen LogP contribution in [0.15, 0.2) is 0 Å². The fourth-order valence-corrected chi connectivity index (χ4v) is 1.29. The van der Waals surface area contributed by atoms with E-state index >= 15 is 0 Å². The molecule has 0 fully saturated rings. The first-order valence-electron chi connectivity index (χ1n) is 6.04. The van der Waals surface area contributed by atoms with Crippen LogP contribution in [-0.4, -0.2) is 25.9 Å². The quantitative estimate of drug-likeness (QED) is 0.505. The molecule has 0 N–H and O–H groups in total. The van der Waals surface area contributed by atoms with Gasteiger partial charge >= 0.3 is 0 Å². The molecule has 2 heteroatoms. The molecular weight excluding hydrogens is 176 g/mol. The molecule has 2 nitrogen and oxygen atoms in total. The highest BCUT2D eigenvalue weighted by Crippen LogP contribution is 2.06. The molecular formula is C12H26O2. The zero-order valence-electron chi connectivity index (χ0n) is 10.1. The van der Waals surface area contributed by atoms with Crippen LogP contribution in [0.5, 0.6) is 0 Å². The molecule has 0 aromatic rings. The lowest BCUT2D eigenvalue weighted by molar-refractivity contribution is -0.0209. The molecule has 0 amide bonds. The number of ether oxygens (including phenoxy) is 2. The van der Waals surface area contributed by atoms with Crippen molar-refractivity contribution in [2.45, 2.75) is 59.0 Å². The van der Waals surface area contributed by atoms with E-state index in [9.17, 15) is 0 Å². The van der Waals surface area contributed by atoms with Gasteiger partial charge in [-0.3, -0.25) is 0 Å². The summed E-state index contributed by atoms with van der Waals surface area (Å²) < 4.78 is 11.2. The van der Waals surface area contributed by atoms with Crippen molar-refractivity contribution >= 4 is 0 Å². The van der Waals surface area contributed by atoms with Crippen molar-refractivity contribution in [2.75, 3.05) is 19.8 Å². The van der Waals surface area contributed by atoms with Crippen LogP contribution in [0, 0.1) is 0 Å². The Kier molecular flexibility index (Phi) is 10.9. The highest BCUT2D eigenvalue weighted by molar-refractivity contribution is 4.56. The van der Waals surface area contributed by atoms with Gasteiger partial charge in [0.05, 0.1) is 12.7 Å². The molecule has 0 radical (unpaired) electrons. The van der Waals surface area contributed by atoms with Gasteiger partial charge in [-0.2, -0.15) is 0 Å². The molecule has 14 heavy (non-hydrogen) atoms. The zero-order valence-corrected chi connectivity index (χ0v) is 10.1. The normalized spacial score (nSPS) is 13.1. The van der Waals surface area contributed by atoms with E-state index in [-0.39, 0.29) is 0 Å². The van der Waals surface area contributed by atoms with Gasteiger partial charge in [0.2, 0.25) is 0 Å². The number of hydrogen-bond donors (Lipinski definition) is 0. The Hall–Kier alpha value is -0.0800. The molecule has 0 aromatic carbocycles. The van der Waals surface area contributed by atoms with Crippen molar-refractivity contribution in [1.82, 2.24) is 0 Å². The topological polar surface area (TPSA) is 18.5 Å². The highest BCUT2D eigenvalue weighted by atomic mass is 16.5. The average Bonchev–Trinajstić information content (AvgIpc) is 2.21. The van der Waals surface area contributed by atoms with E-state index in [0.717, 1.165) is 39.1 Å². The van der Waals surface area contributed by atoms with Crippen LogP contribution in [0.25, 0.3) is 0 Å². The van der Waals surface area contributed by atoms with Gasteiger partial charge in [0.15, 0.2) is 0 Å². The molecule has 0 aliphatic heterocycles. The summed E-state index contributed by atoms with van der Waals surface area (Å²) >= 11 is 0. The van der Waals surface area contributed by atoms with Gasteiger partial charge in [0.1, 0.15) is 0 Å². The smallest absolute Gasteiger partial charge is 0.0808 e. The van der Waals surface area contributed by atoms with Crippen LogP contribution >= 0.6 is 0 Å². The van der Waals surface area contributed by atoms with Crippen LogP contribution in [0.3, 0.4) is 0 Å². The molecule has 1 atom stereocenters. The van der Waals surface area contributed by atoms with E-state index in [1.54, 1.807) is 0 Å². The fraction of sp³-hybridized carbons (Fsp3) is 1.00. The van der Waals surface area contributed by atoms with Gasteiger partial charge in [-0.25, -0.2) is 0 Å². The number of hydrogen-bond acceptors (Lipinski definition) is 2. The SMILES string of the molecule is CCCCC(COCCC)OCCC. The maximum atomic E-state index is 5.71. The third kappa shape index (κ3) is 8.52. The van der Waals surface area contributed by atoms with Crippen LogP contribution in [0.4, 0.5) is 0 Å². The molecule has 0 aromatic heterocycles. The van der Waals surface area contributed by atoms with Crippen molar-refractivity contribution in [1.29, 1.82) is 0 Å². The van der Waals surface area contributed by atoms with Crippen molar-refractivity contribution in [2.24, 2.45) is 0 Å². The second kappa shape index (κ2) is 11.0. The lowest BCUT2D eigenvalue weighted by Gasteiger charge is -2.17. The third-order valence-corrected chi connectivity index (χ3v) is 2.09. The second-order valence-corrected chi connectivity index (χ2v) is 3.71. The molecule has 0 saturated carbocycles. The number of rotatable bonds is 10. The minimum Gasteiger partial charge on any atom is -0.379 e. The van der Waals surface area contributed by atoms with Crippen molar-refractivity contribution in [3.63, 3.8) is 0 Å². The van der Waals surface area contributed by atoms with Crippen molar-refractivity contribution in [3.8, 4) is 0 Å². The summed E-state index contributed by atoms with van der Waals surface area (Å²) in [7, 11) is 0. The summed E-state index contributed by atoms with van der Waals surface area (Å²) in [6, 6.07) is 0. The monoisotopic (exact) mass is 202 g/mol. The van der Waals surface area contributed by atoms with Gasteiger partial charge in [0.25, 0.3) is 0 Å². The summed E-state index contributed by atoms with van der Waals surface area (Å²) in [6.07, 6.45) is 6.12. The summed E-state index contributed by atoms with van der Waals surface area (Å²) in [5.41, 5.74) is 0. The molecule has 0 spiro atoms. The molecule has 86 valence electrons. The van der Waals surface area contributed by atoms with E-state index in [4.69, 9.17) is 9.47 Å². The standard InChI is InChI=1S/C12H26O2/c1-4-7-8-12(14-10-6-3)11-13-9-5-2/h12H,4-11H2,1-3H3. The average molecular weight is 202 g/mol. The van der Waals surface area contributed by atoms with Gasteiger partial charge < -0.3 is 9.47 Å². The van der Waals surface area contributed by atoms with Crippen LogP contribution in [-0.2, 0) is 9.47 Å². The highest BCUT2D eigenvalue weighted by Gasteiger charge is 2.07. The summed E-state index contributed by atoms with van der Waals surface area (Å²) in [5.74, 6) is 0. The molecule has 0 aliphatic rings. The lowest BCUT2D eigenvalue weighted by Crippen LogP contribution is -2.20. The minimum atomic E-state index is 0.321. The maximum Gasteiger partial charge on any atom is 0.0808 e. The zero-order chi connectivity index (χ0) is 10.6. The van der Waals surface area contributed by atoms with E-state index in [2.05, 4.69) is 20.8 Å². The van der Waals surface area contributed by atoms with E-state index < -0.39 is 0 Å². The van der Waals surface area contributed by atoms with E-state index in [1.165, 1.54) is 12.8 Å². The largest absolute Gasteiger partial charge is 0.379 e. The Labute approximate surface area is 89.0 Å². The second-order valence-electron chi connectivity index (χ2n) is 3.71. The Morgan fingerprint density at radius 2 is 1.64 bits per heavy atom. The first-order chi connectivity index (χ1) is 6.85. The van der Waals surface area contributed by atoms with Gasteiger partial charge in [0, 0.05) is 13.2 Å². The first kappa shape index (κ1) is 13.9. The van der Waals surface area contributed by atoms with E-state index in [1.807, 2.05) is 0 Å². The Balaban J connectivity index is 3.49. The van der Waals surface area contributed by atoms with Gasteiger partial charge in [-0.15, -0.1) is 0 Å². The predicted octanol–water partition coefficient (Wildman–Crippen LogP) is 3.40. The Bertz CT molecular complexity index is 96.5. The minimum absolute atomic E-state index is 0.321. The van der Waals surface area contributed by atoms with Crippen molar-refractivity contribution < 1.29 is 9.47 Å². The van der Waals surface area contributed by atoms with E-state index in [0.29, 0.717) is 6.10 Å². The van der Waals surface area contributed by atoms with Crippen molar-refractivity contribution in [3.05, 3.63) is 0 Å². The van der Waals surface area contributed by atoms with Gasteiger partial charge in [-0.1, -0.05) is 33.6 Å². The molecule has 0 saturated heterocycles.